The summed E-state index contributed by atoms with van der Waals surface area (Å²) in [4.78, 5) is 30.7. The summed E-state index contributed by atoms with van der Waals surface area (Å²) < 4.78 is 10.8. The van der Waals surface area contributed by atoms with Crippen molar-refractivity contribution in [3.8, 4) is 11.5 Å². The van der Waals surface area contributed by atoms with Gasteiger partial charge in [-0.05, 0) is 25.5 Å². The maximum atomic E-state index is 13.1. The largest absolute Gasteiger partial charge is 0.454 e. The van der Waals surface area contributed by atoms with E-state index in [1.54, 1.807) is 24.1 Å². The number of carbonyl (C=O) groups excluding carboxylic acids is 2. The van der Waals surface area contributed by atoms with E-state index in [0.717, 1.165) is 23.7 Å². The van der Waals surface area contributed by atoms with Gasteiger partial charge < -0.3 is 29.8 Å². The summed E-state index contributed by atoms with van der Waals surface area (Å²) in [6.45, 7) is 4.58. The second-order valence-electron chi connectivity index (χ2n) is 11.7. The maximum absolute atomic E-state index is 13.1. The van der Waals surface area contributed by atoms with Crippen LogP contribution < -0.4 is 14.8 Å². The summed E-state index contributed by atoms with van der Waals surface area (Å²) >= 11 is 0. The Morgan fingerprint density at radius 2 is 1.37 bits per heavy atom. The van der Waals surface area contributed by atoms with Crippen molar-refractivity contribution in [1.29, 1.82) is 0 Å². The van der Waals surface area contributed by atoms with E-state index >= 15 is 0 Å². The third-order valence-electron chi connectivity index (χ3n) is 8.12. The van der Waals surface area contributed by atoms with Crippen molar-refractivity contribution in [1.82, 2.24) is 15.2 Å². The number of aromatic nitrogens is 1. The molecule has 41 heavy (non-hydrogen) atoms. The fraction of sp³-hybridized carbons (Fsp3) is 0.697. The molecule has 0 fully saturated rings. The first-order valence-electron chi connectivity index (χ1n) is 16.1. The van der Waals surface area contributed by atoms with Gasteiger partial charge in [0.25, 0.3) is 5.91 Å². The molecule has 0 saturated heterocycles. The highest BCUT2D eigenvalue weighted by Gasteiger charge is 2.29. The number of hydrogen-bond donors (Lipinski definition) is 3. The Morgan fingerprint density at radius 1 is 0.854 bits per heavy atom. The SMILES string of the molecule is CCCCCCCCCCCCCCCCCCN(C)C(=O)[C@@H](NC(=O)c1cc2cc3c(cc2[nH]1)OCO3)[C@@H](C)O. The van der Waals surface area contributed by atoms with E-state index in [2.05, 4.69) is 17.2 Å². The standard InChI is InChI=1S/C33H53N3O5/c1-4-5-6-7-8-9-10-11-12-13-14-15-16-17-18-19-20-36(3)33(39)31(25(2)37)35-32(38)28-21-26-22-29-30(41-24-40-29)23-27(26)34-28/h21-23,25,31,34,37H,4-20,24H2,1-3H3,(H,35,38)/t25-,31+/m1/s1. The molecular weight excluding hydrogens is 518 g/mol. The fourth-order valence-corrected chi connectivity index (χ4v) is 5.50. The van der Waals surface area contributed by atoms with Gasteiger partial charge in [-0.15, -0.1) is 0 Å². The highest BCUT2D eigenvalue weighted by molar-refractivity contribution is 6.00. The van der Waals surface area contributed by atoms with Crippen LogP contribution in [-0.2, 0) is 4.79 Å². The average Bonchev–Trinajstić information content (AvgIpc) is 3.59. The van der Waals surface area contributed by atoms with Crippen molar-refractivity contribution < 1.29 is 24.2 Å². The summed E-state index contributed by atoms with van der Waals surface area (Å²) in [6, 6.07) is 4.29. The summed E-state index contributed by atoms with van der Waals surface area (Å²) in [6.07, 6.45) is 19.9. The lowest BCUT2D eigenvalue weighted by Gasteiger charge is -2.26. The van der Waals surface area contributed by atoms with Gasteiger partial charge in [0.1, 0.15) is 11.7 Å². The topological polar surface area (TPSA) is 104 Å². The minimum absolute atomic E-state index is 0.181. The van der Waals surface area contributed by atoms with Crippen LogP contribution in [0.1, 0.15) is 127 Å². The molecule has 2 amide bonds. The zero-order chi connectivity index (χ0) is 29.5. The predicted molar refractivity (Wildman–Crippen MR) is 165 cm³/mol. The van der Waals surface area contributed by atoms with Gasteiger partial charge in [-0.25, -0.2) is 0 Å². The molecule has 3 rings (SSSR count). The van der Waals surface area contributed by atoms with Crippen LogP contribution in [0.3, 0.4) is 0 Å². The number of rotatable bonds is 21. The minimum atomic E-state index is -1.02. The van der Waals surface area contributed by atoms with Gasteiger partial charge in [0.2, 0.25) is 12.7 Å². The van der Waals surface area contributed by atoms with Crippen LogP contribution in [0.15, 0.2) is 18.2 Å². The van der Waals surface area contributed by atoms with Crippen molar-refractivity contribution in [3.05, 3.63) is 23.9 Å². The molecule has 0 spiro atoms. The molecule has 2 atom stereocenters. The number of unbranched alkanes of at least 4 members (excludes halogenated alkanes) is 15. The van der Waals surface area contributed by atoms with E-state index in [1.807, 2.05) is 6.07 Å². The monoisotopic (exact) mass is 571 g/mol. The van der Waals surface area contributed by atoms with Crippen LogP contribution in [0, 0.1) is 0 Å². The number of carbonyl (C=O) groups is 2. The lowest BCUT2D eigenvalue weighted by atomic mass is 10.0. The van der Waals surface area contributed by atoms with Gasteiger partial charge in [-0.1, -0.05) is 103 Å². The molecule has 0 unspecified atom stereocenters. The summed E-state index contributed by atoms with van der Waals surface area (Å²) in [5.41, 5.74) is 1.04. The van der Waals surface area contributed by atoms with Crippen LogP contribution >= 0.6 is 0 Å². The number of aliphatic hydroxyl groups excluding tert-OH is 1. The molecule has 0 saturated carbocycles. The van der Waals surface area contributed by atoms with E-state index in [4.69, 9.17) is 9.47 Å². The lowest BCUT2D eigenvalue weighted by Crippen LogP contribution is -2.53. The molecule has 1 aliphatic rings. The molecule has 1 aromatic carbocycles. The molecule has 1 aromatic heterocycles. The lowest BCUT2D eigenvalue weighted by molar-refractivity contribution is -0.134. The number of fused-ring (bicyclic) bond motifs is 2. The molecule has 0 aliphatic carbocycles. The van der Waals surface area contributed by atoms with E-state index in [1.165, 1.54) is 96.8 Å². The molecule has 8 nitrogen and oxygen atoms in total. The van der Waals surface area contributed by atoms with Gasteiger partial charge in [-0.3, -0.25) is 9.59 Å². The molecule has 3 N–H and O–H groups in total. The first-order valence-corrected chi connectivity index (χ1v) is 16.1. The Balaban J connectivity index is 1.27. The van der Waals surface area contributed by atoms with Gasteiger partial charge in [0.05, 0.1) is 6.10 Å². The van der Waals surface area contributed by atoms with Crippen molar-refractivity contribution in [2.75, 3.05) is 20.4 Å². The highest BCUT2D eigenvalue weighted by Crippen LogP contribution is 2.36. The van der Waals surface area contributed by atoms with E-state index in [-0.39, 0.29) is 12.7 Å². The second-order valence-corrected chi connectivity index (χ2v) is 11.7. The molecule has 230 valence electrons. The number of hydrogen-bond acceptors (Lipinski definition) is 5. The van der Waals surface area contributed by atoms with Gasteiger partial charge in [0, 0.05) is 30.6 Å². The second kappa shape index (κ2) is 17.9. The average molecular weight is 572 g/mol. The predicted octanol–water partition coefficient (Wildman–Crippen LogP) is 7.10. The third-order valence-corrected chi connectivity index (χ3v) is 8.12. The number of H-pyrrole nitrogens is 1. The maximum Gasteiger partial charge on any atom is 0.268 e. The van der Waals surface area contributed by atoms with Crippen LogP contribution in [-0.4, -0.2) is 59.3 Å². The Hall–Kier alpha value is -2.74. The van der Waals surface area contributed by atoms with Gasteiger partial charge >= 0.3 is 0 Å². The molecule has 1 aliphatic heterocycles. The van der Waals surface area contributed by atoms with Crippen molar-refractivity contribution in [2.24, 2.45) is 0 Å². The number of nitrogens with zero attached hydrogens (tertiary/aromatic N) is 1. The molecule has 2 heterocycles. The van der Waals surface area contributed by atoms with Gasteiger partial charge in [0.15, 0.2) is 11.5 Å². The first-order chi connectivity index (χ1) is 19.9. The smallest absolute Gasteiger partial charge is 0.268 e. The normalized spacial score (nSPS) is 13.9. The molecule has 0 radical (unpaired) electrons. The fourth-order valence-electron chi connectivity index (χ4n) is 5.50. The Kier molecular flexibility index (Phi) is 14.3. The van der Waals surface area contributed by atoms with Crippen LogP contribution in [0.5, 0.6) is 11.5 Å². The number of aliphatic hydroxyl groups is 1. The molecule has 2 aromatic rings. The zero-order valence-corrected chi connectivity index (χ0v) is 25.6. The van der Waals surface area contributed by atoms with E-state index < -0.39 is 18.1 Å². The molecular formula is C33H53N3O5. The van der Waals surface area contributed by atoms with E-state index in [9.17, 15) is 14.7 Å². The summed E-state index contributed by atoms with van der Waals surface area (Å²) in [5, 5.41) is 13.8. The van der Waals surface area contributed by atoms with Crippen LogP contribution in [0.2, 0.25) is 0 Å². The van der Waals surface area contributed by atoms with Crippen molar-refractivity contribution in [3.63, 3.8) is 0 Å². The highest BCUT2D eigenvalue weighted by atomic mass is 16.7. The number of likely N-dealkylation sites (N-methyl/N-ethyl adjacent to an activating group) is 1. The molecule has 8 heteroatoms. The summed E-state index contributed by atoms with van der Waals surface area (Å²) in [5.74, 6) is 0.528. The Labute approximate surface area is 246 Å². The Bertz CT molecular complexity index is 1030. The Morgan fingerprint density at radius 3 is 1.90 bits per heavy atom. The van der Waals surface area contributed by atoms with Crippen molar-refractivity contribution in [2.45, 2.75) is 129 Å². The number of benzene rings is 1. The first kappa shape index (κ1) is 32.8. The van der Waals surface area contributed by atoms with E-state index in [0.29, 0.717) is 23.7 Å². The molecule has 0 bridgehead atoms. The van der Waals surface area contributed by atoms with Crippen molar-refractivity contribution >= 4 is 22.7 Å². The van der Waals surface area contributed by atoms with Crippen LogP contribution in [0.4, 0.5) is 0 Å². The number of amides is 2. The number of aromatic amines is 1. The summed E-state index contributed by atoms with van der Waals surface area (Å²) in [7, 11) is 1.74. The number of nitrogens with one attached hydrogen (secondary N) is 2. The third kappa shape index (κ3) is 10.9. The van der Waals surface area contributed by atoms with Crippen LogP contribution in [0.25, 0.3) is 10.9 Å². The number of ether oxygens (including phenoxy) is 2. The zero-order valence-electron chi connectivity index (χ0n) is 25.6. The minimum Gasteiger partial charge on any atom is -0.454 e. The quantitative estimate of drug-likeness (QED) is 0.139. The van der Waals surface area contributed by atoms with Gasteiger partial charge in [-0.2, -0.15) is 0 Å².